The fourth-order valence-corrected chi connectivity index (χ4v) is 4.50. The molecule has 0 saturated heterocycles. The summed E-state index contributed by atoms with van der Waals surface area (Å²) >= 11 is 1.70. The average Bonchev–Trinajstić information content (AvgIpc) is 3.37. The molecule has 0 saturated carbocycles. The van der Waals surface area contributed by atoms with Gasteiger partial charge in [0.25, 0.3) is 5.91 Å². The summed E-state index contributed by atoms with van der Waals surface area (Å²) in [7, 11) is 0. The summed E-state index contributed by atoms with van der Waals surface area (Å²) < 4.78 is 2.00. The molecule has 0 unspecified atom stereocenters. The van der Waals surface area contributed by atoms with Crippen LogP contribution < -0.4 is 10.6 Å². The van der Waals surface area contributed by atoms with Crippen LogP contribution in [0.3, 0.4) is 0 Å². The number of amides is 1. The van der Waals surface area contributed by atoms with E-state index >= 15 is 0 Å². The normalized spacial score (nSPS) is 11.1. The molecule has 0 atom stereocenters. The van der Waals surface area contributed by atoms with Crippen molar-refractivity contribution in [2.24, 2.45) is 0 Å². The molecule has 8 heteroatoms. The molecular weight excluding hydrogens is 408 g/mol. The van der Waals surface area contributed by atoms with Crippen molar-refractivity contribution in [1.29, 1.82) is 0 Å². The molecule has 160 valence electrons. The number of carbonyl (C=O) groups is 1. The molecule has 31 heavy (non-hydrogen) atoms. The molecule has 1 aromatic carbocycles. The smallest absolute Gasteiger partial charge is 0.251 e. The lowest BCUT2D eigenvalue weighted by molar-refractivity contribution is 0.0952. The van der Waals surface area contributed by atoms with Crippen LogP contribution in [0.15, 0.2) is 43.0 Å². The zero-order chi connectivity index (χ0) is 21.8. The topological polar surface area (TPSA) is 84.7 Å². The number of anilines is 1. The SMILES string of the molecule is Cc1nc(NCc2ccc(C(=O)NCCCn3ccnc3)cc2)c2c(C)c(C)sc2n1. The number of aryl methyl sites for hydroxylation is 4. The second-order valence-corrected chi connectivity index (χ2v) is 8.75. The van der Waals surface area contributed by atoms with Crippen molar-refractivity contribution in [3.8, 4) is 0 Å². The van der Waals surface area contributed by atoms with Crippen LogP contribution in [0.5, 0.6) is 0 Å². The van der Waals surface area contributed by atoms with Crippen LogP contribution in [0, 0.1) is 20.8 Å². The van der Waals surface area contributed by atoms with Crippen LogP contribution in [0.4, 0.5) is 5.82 Å². The Morgan fingerprint density at radius 2 is 1.94 bits per heavy atom. The van der Waals surface area contributed by atoms with Crippen molar-refractivity contribution in [1.82, 2.24) is 24.8 Å². The first kappa shape index (κ1) is 21.0. The van der Waals surface area contributed by atoms with Crippen LogP contribution in [-0.2, 0) is 13.1 Å². The fourth-order valence-electron chi connectivity index (χ4n) is 3.43. The minimum atomic E-state index is -0.0531. The summed E-state index contributed by atoms with van der Waals surface area (Å²) in [5.41, 5.74) is 2.98. The third-order valence-corrected chi connectivity index (χ3v) is 6.36. The molecule has 0 fully saturated rings. The van der Waals surface area contributed by atoms with E-state index in [4.69, 9.17) is 0 Å². The van der Waals surface area contributed by atoms with Crippen molar-refractivity contribution in [3.63, 3.8) is 0 Å². The van der Waals surface area contributed by atoms with Gasteiger partial charge in [-0.25, -0.2) is 15.0 Å². The van der Waals surface area contributed by atoms with Gasteiger partial charge in [-0.3, -0.25) is 4.79 Å². The molecule has 0 bridgehead atoms. The number of rotatable bonds is 8. The van der Waals surface area contributed by atoms with Gasteiger partial charge in [0.15, 0.2) is 0 Å². The Kier molecular flexibility index (Phi) is 6.27. The predicted octanol–water partition coefficient (Wildman–Crippen LogP) is 4.25. The molecule has 0 radical (unpaired) electrons. The van der Waals surface area contributed by atoms with Crippen LogP contribution in [-0.4, -0.2) is 32.0 Å². The maximum Gasteiger partial charge on any atom is 0.251 e. The number of carbonyl (C=O) groups excluding carboxylic acids is 1. The monoisotopic (exact) mass is 434 g/mol. The Morgan fingerprint density at radius 1 is 1.13 bits per heavy atom. The lowest BCUT2D eigenvalue weighted by Crippen LogP contribution is -2.25. The minimum absolute atomic E-state index is 0.0531. The first-order valence-electron chi connectivity index (χ1n) is 10.3. The largest absolute Gasteiger partial charge is 0.365 e. The molecule has 0 aliphatic heterocycles. The third kappa shape index (κ3) is 4.91. The first-order valence-corrected chi connectivity index (χ1v) is 11.1. The highest BCUT2D eigenvalue weighted by atomic mass is 32.1. The van der Waals surface area contributed by atoms with Crippen molar-refractivity contribution >= 4 is 33.3 Å². The van der Waals surface area contributed by atoms with Gasteiger partial charge in [-0.05, 0) is 50.5 Å². The van der Waals surface area contributed by atoms with Gasteiger partial charge >= 0.3 is 0 Å². The van der Waals surface area contributed by atoms with E-state index < -0.39 is 0 Å². The van der Waals surface area contributed by atoms with E-state index in [1.807, 2.05) is 42.0 Å². The van der Waals surface area contributed by atoms with Gasteiger partial charge in [0.05, 0.1) is 11.7 Å². The Hall–Kier alpha value is -3.26. The molecule has 3 heterocycles. The van der Waals surface area contributed by atoms with E-state index in [1.165, 1.54) is 10.4 Å². The second kappa shape index (κ2) is 9.26. The van der Waals surface area contributed by atoms with Gasteiger partial charge < -0.3 is 15.2 Å². The summed E-state index contributed by atoms with van der Waals surface area (Å²) in [4.78, 5) is 27.8. The zero-order valence-corrected chi connectivity index (χ0v) is 18.8. The summed E-state index contributed by atoms with van der Waals surface area (Å²) in [5.74, 6) is 1.57. The number of nitrogens with zero attached hydrogens (tertiary/aromatic N) is 4. The first-order chi connectivity index (χ1) is 15.0. The molecule has 3 aromatic heterocycles. The molecule has 1 amide bonds. The van der Waals surface area contributed by atoms with Crippen molar-refractivity contribution in [3.05, 3.63) is 70.4 Å². The van der Waals surface area contributed by atoms with E-state index in [0.29, 0.717) is 18.7 Å². The van der Waals surface area contributed by atoms with Crippen LogP contribution in [0.1, 0.15) is 38.6 Å². The van der Waals surface area contributed by atoms with Gasteiger partial charge in [0.1, 0.15) is 16.5 Å². The highest BCUT2D eigenvalue weighted by Crippen LogP contribution is 2.33. The highest BCUT2D eigenvalue weighted by Gasteiger charge is 2.13. The zero-order valence-electron chi connectivity index (χ0n) is 18.0. The molecule has 0 spiro atoms. The summed E-state index contributed by atoms with van der Waals surface area (Å²) in [6, 6.07) is 7.68. The Morgan fingerprint density at radius 3 is 2.68 bits per heavy atom. The summed E-state index contributed by atoms with van der Waals surface area (Å²) in [6.07, 6.45) is 6.32. The van der Waals surface area contributed by atoms with E-state index in [2.05, 4.69) is 39.4 Å². The molecule has 7 nitrogen and oxygen atoms in total. The Bertz CT molecular complexity index is 1180. The van der Waals surface area contributed by atoms with Crippen LogP contribution in [0.2, 0.25) is 0 Å². The number of fused-ring (bicyclic) bond motifs is 1. The summed E-state index contributed by atoms with van der Waals surface area (Å²) in [5, 5.41) is 7.52. The molecular formula is C23H26N6OS. The lowest BCUT2D eigenvalue weighted by Gasteiger charge is -2.10. The molecule has 2 N–H and O–H groups in total. The number of hydrogen-bond donors (Lipinski definition) is 2. The molecule has 4 aromatic rings. The lowest BCUT2D eigenvalue weighted by atomic mass is 10.1. The number of nitrogens with one attached hydrogen (secondary N) is 2. The number of hydrogen-bond acceptors (Lipinski definition) is 6. The van der Waals surface area contributed by atoms with Crippen molar-refractivity contribution in [2.45, 2.75) is 40.3 Å². The van der Waals surface area contributed by atoms with Crippen LogP contribution in [0.25, 0.3) is 10.2 Å². The van der Waals surface area contributed by atoms with Gasteiger partial charge in [-0.1, -0.05) is 12.1 Å². The fraction of sp³-hybridized carbons (Fsp3) is 0.304. The van der Waals surface area contributed by atoms with Crippen molar-refractivity contribution in [2.75, 3.05) is 11.9 Å². The third-order valence-electron chi connectivity index (χ3n) is 5.25. The Labute approximate surface area is 185 Å². The molecule has 0 aliphatic rings. The Balaban J connectivity index is 1.33. The standard InChI is InChI=1S/C23H26N6OS/c1-15-16(2)31-23-20(15)21(27-17(3)28-23)26-13-18-5-7-19(8-6-18)22(30)25-9-4-11-29-12-10-24-14-29/h5-8,10,12,14H,4,9,11,13H2,1-3H3,(H,25,30)(H,26,27,28). The van der Waals surface area contributed by atoms with Crippen molar-refractivity contribution < 1.29 is 4.79 Å². The van der Waals surface area contributed by atoms with E-state index in [-0.39, 0.29) is 5.91 Å². The molecule has 0 aliphatic carbocycles. The maximum absolute atomic E-state index is 12.4. The second-order valence-electron chi connectivity index (χ2n) is 7.54. The number of benzene rings is 1. The van der Waals surface area contributed by atoms with Gasteiger partial charge in [-0.2, -0.15) is 0 Å². The van der Waals surface area contributed by atoms with E-state index in [9.17, 15) is 4.79 Å². The number of imidazole rings is 1. The van der Waals surface area contributed by atoms with Gasteiger partial charge in [-0.15, -0.1) is 11.3 Å². The van der Waals surface area contributed by atoms with Gasteiger partial charge in [0.2, 0.25) is 0 Å². The highest BCUT2D eigenvalue weighted by molar-refractivity contribution is 7.18. The van der Waals surface area contributed by atoms with E-state index in [0.717, 1.165) is 40.4 Å². The van der Waals surface area contributed by atoms with E-state index in [1.54, 1.807) is 23.9 Å². The summed E-state index contributed by atoms with van der Waals surface area (Å²) in [6.45, 7) is 8.24. The number of thiophene rings is 1. The minimum Gasteiger partial charge on any atom is -0.365 e. The van der Waals surface area contributed by atoms with Gasteiger partial charge in [0, 0.05) is 42.5 Å². The van der Waals surface area contributed by atoms with Crippen LogP contribution >= 0.6 is 11.3 Å². The average molecular weight is 435 g/mol. The quantitative estimate of drug-likeness (QED) is 0.405. The predicted molar refractivity (Wildman–Crippen MR) is 125 cm³/mol. The molecule has 4 rings (SSSR count). The maximum atomic E-state index is 12.4. The number of aromatic nitrogens is 4.